The van der Waals surface area contributed by atoms with Crippen molar-refractivity contribution in [1.29, 1.82) is 0 Å². The van der Waals surface area contributed by atoms with Crippen molar-refractivity contribution < 1.29 is 0 Å². The molecule has 0 aliphatic rings. The minimum atomic E-state index is 0.271. The van der Waals surface area contributed by atoms with E-state index in [1.165, 1.54) is 20.7 Å². The third kappa shape index (κ3) is 8.70. The maximum Gasteiger partial charge on any atom is 0.103 e. The summed E-state index contributed by atoms with van der Waals surface area (Å²) < 4.78 is 0. The van der Waals surface area contributed by atoms with Crippen molar-refractivity contribution in [2.75, 3.05) is 0 Å². The molecule has 28 heavy (non-hydrogen) atoms. The van der Waals surface area contributed by atoms with Crippen LogP contribution in [0.2, 0.25) is 5.76 Å². The zero-order valence-electron chi connectivity index (χ0n) is 16.3. The zero-order valence-corrected chi connectivity index (χ0v) is 21.0. The van der Waals surface area contributed by atoms with E-state index in [-0.39, 0.29) is 19.0 Å². The molecule has 3 heteroatoms. The van der Waals surface area contributed by atoms with Gasteiger partial charge in [-0.1, -0.05) is 142 Å². The molecule has 4 aromatic carbocycles. The third-order valence-electron chi connectivity index (χ3n) is 3.86. The van der Waals surface area contributed by atoms with Crippen molar-refractivity contribution in [2.24, 2.45) is 0 Å². The van der Waals surface area contributed by atoms with Crippen LogP contribution < -0.4 is 20.7 Å². The smallest absolute Gasteiger partial charge is 0.0632 e. The normalized spacial score (nSPS) is 9.36. The Kier molecular flexibility index (Phi) is 11.0. The predicted molar refractivity (Wildman–Crippen MR) is 132 cm³/mol. The standard InChI is InChI=1S/2C12H11Si.CH4Ge/c2*1-3-7-11(8-4-1)13-12-9-5-2-6-10-12;1-2/h2*1-10,13H;2H,1H3. The number of benzene rings is 4. The molecular weight excluding hydrogens is 429 g/mol. The van der Waals surface area contributed by atoms with Gasteiger partial charge >= 0.3 is 22.3 Å². The zero-order chi connectivity index (χ0) is 19.9. The van der Waals surface area contributed by atoms with Gasteiger partial charge in [0.1, 0.15) is 19.0 Å². The summed E-state index contributed by atoms with van der Waals surface area (Å²) in [5.41, 5.74) is 0. The van der Waals surface area contributed by atoms with Gasteiger partial charge in [0.05, 0.1) is 0 Å². The van der Waals surface area contributed by atoms with Crippen LogP contribution in [0, 0.1) is 0 Å². The van der Waals surface area contributed by atoms with E-state index >= 15 is 0 Å². The van der Waals surface area contributed by atoms with Gasteiger partial charge < -0.3 is 0 Å². The Bertz CT molecular complexity index is 715. The van der Waals surface area contributed by atoms with E-state index in [0.29, 0.717) is 0 Å². The molecule has 0 spiro atoms. The van der Waals surface area contributed by atoms with Crippen LogP contribution in [-0.4, -0.2) is 35.6 Å². The fraction of sp³-hybridized carbons (Fsp3) is 0.0400. The molecule has 0 atom stereocenters. The van der Waals surface area contributed by atoms with Crippen LogP contribution >= 0.6 is 0 Å². The minimum absolute atomic E-state index is 0.271. The summed E-state index contributed by atoms with van der Waals surface area (Å²) in [4.78, 5) is 0. The van der Waals surface area contributed by atoms with Crippen molar-refractivity contribution in [2.45, 2.75) is 5.76 Å². The van der Waals surface area contributed by atoms with Crippen molar-refractivity contribution in [3.05, 3.63) is 121 Å². The maximum atomic E-state index is 2.20. The second-order valence-electron chi connectivity index (χ2n) is 5.93. The Labute approximate surface area is 182 Å². The van der Waals surface area contributed by atoms with E-state index in [1.807, 2.05) is 0 Å². The molecule has 4 rings (SSSR count). The SMILES string of the molecule is [CH3][GeH].c1ccc([SiH]c2ccccc2)cc1.c1ccc([SiH]c2ccccc2)cc1. The van der Waals surface area contributed by atoms with E-state index in [4.69, 9.17) is 0 Å². The second kappa shape index (κ2) is 13.9. The summed E-state index contributed by atoms with van der Waals surface area (Å²) in [6, 6.07) is 42.6. The van der Waals surface area contributed by atoms with Crippen molar-refractivity contribution in [3.63, 3.8) is 0 Å². The minimum Gasteiger partial charge on any atom is -0.0632 e. The van der Waals surface area contributed by atoms with Gasteiger partial charge in [0.15, 0.2) is 0 Å². The molecule has 138 valence electrons. The van der Waals surface area contributed by atoms with Crippen LogP contribution in [0.4, 0.5) is 0 Å². The molecule has 0 aromatic heterocycles. The van der Waals surface area contributed by atoms with Crippen molar-refractivity contribution >= 4 is 56.3 Å². The first-order chi connectivity index (χ1) is 13.9. The van der Waals surface area contributed by atoms with E-state index in [2.05, 4.69) is 127 Å². The molecule has 0 fully saturated rings. The Hall–Kier alpha value is -2.14. The fourth-order valence-corrected chi connectivity index (χ4v) is 5.01. The van der Waals surface area contributed by atoms with Crippen molar-refractivity contribution in [3.8, 4) is 0 Å². The molecule has 0 unspecified atom stereocenters. The Balaban J connectivity index is 0.000000184. The van der Waals surface area contributed by atoms with E-state index in [0.717, 1.165) is 0 Å². The van der Waals surface area contributed by atoms with Gasteiger partial charge in [-0.2, -0.15) is 0 Å². The summed E-state index contributed by atoms with van der Waals surface area (Å²) in [6.45, 7) is 0. The van der Waals surface area contributed by atoms with Gasteiger partial charge in [-0.15, -0.1) is 0 Å². The largest absolute Gasteiger partial charge is 0.103 e. The number of hydrogen-bond acceptors (Lipinski definition) is 0. The number of rotatable bonds is 4. The second-order valence-corrected chi connectivity index (χ2v) is 9.18. The molecule has 4 radical (unpaired) electrons. The molecule has 0 aliphatic carbocycles. The average molecular weight is 455 g/mol. The van der Waals surface area contributed by atoms with Gasteiger partial charge in [0, 0.05) is 0 Å². The first-order valence-electron chi connectivity index (χ1n) is 9.37. The molecule has 4 aromatic rings. The van der Waals surface area contributed by atoms with Gasteiger partial charge in [0.2, 0.25) is 0 Å². The van der Waals surface area contributed by atoms with Crippen molar-refractivity contribution in [1.82, 2.24) is 0 Å². The first-order valence-corrected chi connectivity index (χ1v) is 14.1. The molecular formula is C25H26GeSi2. The molecule has 0 amide bonds. The van der Waals surface area contributed by atoms with Crippen LogP contribution in [0.3, 0.4) is 0 Å². The predicted octanol–water partition coefficient (Wildman–Crippen LogP) is 2.08. The number of hydrogen-bond donors (Lipinski definition) is 0. The summed E-state index contributed by atoms with van der Waals surface area (Å²) >= 11 is 1.69. The van der Waals surface area contributed by atoms with Gasteiger partial charge in [-0.3, -0.25) is 0 Å². The Morgan fingerprint density at radius 1 is 0.357 bits per heavy atom. The van der Waals surface area contributed by atoms with Crippen LogP contribution in [0.5, 0.6) is 0 Å². The van der Waals surface area contributed by atoms with E-state index in [9.17, 15) is 0 Å². The monoisotopic (exact) mass is 456 g/mol. The quantitative estimate of drug-likeness (QED) is 0.414. The molecule has 0 saturated heterocycles. The summed E-state index contributed by atoms with van der Waals surface area (Å²) in [5.74, 6) is 2.06. The molecule has 0 heterocycles. The van der Waals surface area contributed by atoms with E-state index in [1.54, 1.807) is 16.5 Å². The van der Waals surface area contributed by atoms with Gasteiger partial charge in [-0.05, 0) is 0 Å². The summed E-state index contributed by atoms with van der Waals surface area (Å²) in [6.07, 6.45) is 0. The van der Waals surface area contributed by atoms with Gasteiger partial charge in [0.25, 0.3) is 0 Å². The fourth-order valence-electron chi connectivity index (χ4n) is 2.58. The van der Waals surface area contributed by atoms with Crippen LogP contribution in [0.25, 0.3) is 0 Å². The van der Waals surface area contributed by atoms with Crippen LogP contribution in [0.1, 0.15) is 0 Å². The van der Waals surface area contributed by atoms with E-state index < -0.39 is 0 Å². The molecule has 0 N–H and O–H groups in total. The van der Waals surface area contributed by atoms with Gasteiger partial charge in [-0.25, -0.2) is 0 Å². The van der Waals surface area contributed by atoms with Crippen LogP contribution in [-0.2, 0) is 0 Å². The molecule has 0 aliphatic heterocycles. The topological polar surface area (TPSA) is 0 Å². The maximum absolute atomic E-state index is 2.20. The average Bonchev–Trinajstić information content (AvgIpc) is 2.79. The first kappa shape index (κ1) is 22.1. The summed E-state index contributed by atoms with van der Waals surface area (Å²) in [7, 11) is 0.543. The Morgan fingerprint density at radius 3 is 0.714 bits per heavy atom. The molecule has 0 nitrogen and oxygen atoms in total. The molecule has 0 saturated carbocycles. The third-order valence-corrected chi connectivity index (χ3v) is 6.74. The molecule has 0 bridgehead atoms. The Morgan fingerprint density at radius 2 is 0.536 bits per heavy atom. The van der Waals surface area contributed by atoms with Crippen LogP contribution in [0.15, 0.2) is 121 Å². The summed E-state index contributed by atoms with van der Waals surface area (Å²) in [5, 5.41) is 5.81.